The third-order valence-electron chi connectivity index (χ3n) is 5.12. The van der Waals surface area contributed by atoms with Crippen LogP contribution < -0.4 is 16.4 Å². The summed E-state index contributed by atoms with van der Waals surface area (Å²) in [5.74, 6) is 1.17. The lowest BCUT2D eigenvalue weighted by atomic mass is 9.91. The fourth-order valence-corrected chi connectivity index (χ4v) is 3.56. The lowest BCUT2D eigenvalue weighted by molar-refractivity contribution is 0.371. The second kappa shape index (κ2) is 7.21. The van der Waals surface area contributed by atoms with Gasteiger partial charge in [0, 0.05) is 35.4 Å². The molecule has 1 fully saturated rings. The van der Waals surface area contributed by atoms with E-state index in [0.717, 1.165) is 40.7 Å². The molecule has 1 saturated carbocycles. The maximum absolute atomic E-state index is 5.59. The van der Waals surface area contributed by atoms with E-state index in [1.807, 2.05) is 19.2 Å². The van der Waals surface area contributed by atoms with Gasteiger partial charge in [0.05, 0.1) is 5.52 Å². The van der Waals surface area contributed by atoms with Crippen LogP contribution in [0.1, 0.15) is 25.7 Å². The number of fused-ring (bicyclic) bond motifs is 1. The lowest BCUT2D eigenvalue weighted by Crippen LogP contribution is -2.35. The fourth-order valence-electron chi connectivity index (χ4n) is 3.56. The Balaban J connectivity index is 1.62. The summed E-state index contributed by atoms with van der Waals surface area (Å²) in [7, 11) is 2.04. The molecule has 0 bridgehead atoms. The number of rotatable bonds is 4. The van der Waals surface area contributed by atoms with E-state index in [4.69, 9.17) is 5.73 Å². The van der Waals surface area contributed by atoms with Crippen LogP contribution in [-0.4, -0.2) is 39.1 Å². The summed E-state index contributed by atoms with van der Waals surface area (Å²) < 4.78 is 0. The molecule has 0 amide bonds. The highest BCUT2D eigenvalue weighted by atomic mass is 15.0. The molecule has 1 aliphatic rings. The molecule has 3 aromatic rings. The van der Waals surface area contributed by atoms with Crippen LogP contribution >= 0.6 is 0 Å². The van der Waals surface area contributed by atoms with E-state index in [0.29, 0.717) is 12.1 Å². The number of aromatic nitrogens is 4. The SMILES string of the molecule is CNC1CCC(Nc2ncnc3ccc(-c4cnc(N)nc4)cc23)CC1. The molecule has 0 unspecified atom stereocenters. The largest absolute Gasteiger partial charge is 0.368 e. The van der Waals surface area contributed by atoms with Gasteiger partial charge in [-0.25, -0.2) is 19.9 Å². The minimum Gasteiger partial charge on any atom is -0.368 e. The van der Waals surface area contributed by atoms with Gasteiger partial charge in [0.15, 0.2) is 0 Å². The summed E-state index contributed by atoms with van der Waals surface area (Å²) in [6, 6.07) is 7.19. The van der Waals surface area contributed by atoms with Crippen molar-refractivity contribution in [2.45, 2.75) is 37.8 Å². The predicted molar refractivity (Wildman–Crippen MR) is 104 cm³/mol. The molecule has 134 valence electrons. The number of benzene rings is 1. The molecule has 7 heteroatoms. The first-order valence-corrected chi connectivity index (χ1v) is 8.99. The maximum atomic E-state index is 5.59. The minimum absolute atomic E-state index is 0.275. The highest BCUT2D eigenvalue weighted by Gasteiger charge is 2.20. The summed E-state index contributed by atoms with van der Waals surface area (Å²) in [6.45, 7) is 0. The summed E-state index contributed by atoms with van der Waals surface area (Å²) in [4.78, 5) is 17.1. The molecule has 0 radical (unpaired) electrons. The summed E-state index contributed by atoms with van der Waals surface area (Å²) >= 11 is 0. The first kappa shape index (κ1) is 16.7. The van der Waals surface area contributed by atoms with E-state index in [9.17, 15) is 0 Å². The number of nitrogens with zero attached hydrogens (tertiary/aromatic N) is 4. The zero-order chi connectivity index (χ0) is 17.9. The first-order chi connectivity index (χ1) is 12.7. The Morgan fingerprint density at radius 3 is 2.38 bits per heavy atom. The van der Waals surface area contributed by atoms with Gasteiger partial charge in [-0.1, -0.05) is 6.07 Å². The van der Waals surface area contributed by atoms with E-state index in [-0.39, 0.29) is 5.95 Å². The van der Waals surface area contributed by atoms with Gasteiger partial charge in [0.1, 0.15) is 12.1 Å². The Morgan fingerprint density at radius 2 is 1.65 bits per heavy atom. The number of anilines is 2. The molecule has 2 aromatic heterocycles. The predicted octanol–water partition coefficient (Wildman–Crippen LogP) is 2.61. The van der Waals surface area contributed by atoms with Crippen molar-refractivity contribution in [3.63, 3.8) is 0 Å². The van der Waals surface area contributed by atoms with Crippen LogP contribution in [0.3, 0.4) is 0 Å². The van der Waals surface area contributed by atoms with Crippen molar-refractivity contribution in [1.29, 1.82) is 0 Å². The first-order valence-electron chi connectivity index (χ1n) is 8.99. The highest BCUT2D eigenvalue weighted by molar-refractivity contribution is 5.92. The molecule has 0 saturated heterocycles. The highest BCUT2D eigenvalue weighted by Crippen LogP contribution is 2.28. The molecule has 2 heterocycles. The third-order valence-corrected chi connectivity index (χ3v) is 5.12. The molecule has 0 atom stereocenters. The Hall–Kier alpha value is -2.80. The fraction of sp³-hybridized carbons (Fsp3) is 0.368. The number of hydrogen-bond donors (Lipinski definition) is 3. The van der Waals surface area contributed by atoms with Gasteiger partial charge >= 0.3 is 0 Å². The van der Waals surface area contributed by atoms with Gasteiger partial charge in [0.25, 0.3) is 0 Å². The van der Waals surface area contributed by atoms with Gasteiger partial charge in [-0.15, -0.1) is 0 Å². The summed E-state index contributed by atoms with van der Waals surface area (Å²) in [6.07, 6.45) is 9.75. The zero-order valence-electron chi connectivity index (χ0n) is 14.8. The Labute approximate surface area is 152 Å². The molecule has 4 rings (SSSR count). The molecule has 0 spiro atoms. The smallest absolute Gasteiger partial charge is 0.219 e. The molecular weight excluding hydrogens is 326 g/mol. The third kappa shape index (κ3) is 3.43. The monoisotopic (exact) mass is 349 g/mol. The molecular formula is C19H23N7. The average molecular weight is 349 g/mol. The van der Waals surface area contributed by atoms with Crippen LogP contribution in [0.4, 0.5) is 11.8 Å². The number of nitrogens with one attached hydrogen (secondary N) is 2. The summed E-state index contributed by atoms with van der Waals surface area (Å²) in [5.41, 5.74) is 8.45. The van der Waals surface area contributed by atoms with Crippen LogP contribution in [0.5, 0.6) is 0 Å². The lowest BCUT2D eigenvalue weighted by Gasteiger charge is -2.29. The quantitative estimate of drug-likeness (QED) is 0.665. The molecule has 26 heavy (non-hydrogen) atoms. The van der Waals surface area contributed by atoms with E-state index < -0.39 is 0 Å². The minimum atomic E-state index is 0.275. The van der Waals surface area contributed by atoms with E-state index in [2.05, 4.69) is 36.6 Å². The van der Waals surface area contributed by atoms with Gasteiger partial charge in [-0.05, 0) is 50.4 Å². The summed E-state index contributed by atoms with van der Waals surface area (Å²) in [5, 5.41) is 8.01. The van der Waals surface area contributed by atoms with Crippen LogP contribution in [0, 0.1) is 0 Å². The maximum Gasteiger partial charge on any atom is 0.219 e. The van der Waals surface area contributed by atoms with Gasteiger partial charge in [-0.2, -0.15) is 0 Å². The van der Waals surface area contributed by atoms with Crippen molar-refractivity contribution >= 4 is 22.7 Å². The van der Waals surface area contributed by atoms with Crippen LogP contribution in [0.15, 0.2) is 36.9 Å². The van der Waals surface area contributed by atoms with Crippen LogP contribution in [0.2, 0.25) is 0 Å². The molecule has 1 aromatic carbocycles. The molecule has 7 nitrogen and oxygen atoms in total. The Morgan fingerprint density at radius 1 is 0.923 bits per heavy atom. The second-order valence-corrected chi connectivity index (χ2v) is 6.77. The van der Waals surface area contributed by atoms with Gasteiger partial charge in [-0.3, -0.25) is 0 Å². The van der Waals surface area contributed by atoms with Gasteiger partial charge in [0.2, 0.25) is 5.95 Å². The number of nitrogen functional groups attached to an aromatic ring is 1. The van der Waals surface area contributed by atoms with Crippen molar-refractivity contribution in [3.8, 4) is 11.1 Å². The number of nitrogens with two attached hydrogens (primary N) is 1. The molecule has 4 N–H and O–H groups in total. The van der Waals surface area contributed by atoms with Gasteiger partial charge < -0.3 is 16.4 Å². The standard InChI is InChI=1S/C19H23N7/c1-21-14-3-5-15(6-4-14)26-18-16-8-12(2-7-17(16)24-11-25-18)13-9-22-19(20)23-10-13/h2,7-11,14-15,21H,3-6H2,1H3,(H2,20,22,23)(H,24,25,26). The van der Waals surface area contributed by atoms with Crippen molar-refractivity contribution < 1.29 is 0 Å². The Kier molecular flexibility index (Phi) is 4.62. The van der Waals surface area contributed by atoms with Crippen molar-refractivity contribution in [2.75, 3.05) is 18.1 Å². The zero-order valence-corrected chi connectivity index (χ0v) is 14.8. The van der Waals surface area contributed by atoms with Crippen molar-refractivity contribution in [1.82, 2.24) is 25.3 Å². The molecule has 0 aliphatic heterocycles. The van der Waals surface area contributed by atoms with E-state index in [1.54, 1.807) is 18.7 Å². The number of hydrogen-bond acceptors (Lipinski definition) is 7. The molecule has 1 aliphatic carbocycles. The Bertz CT molecular complexity index is 886. The van der Waals surface area contributed by atoms with Crippen molar-refractivity contribution in [2.24, 2.45) is 0 Å². The van der Waals surface area contributed by atoms with Crippen LogP contribution in [-0.2, 0) is 0 Å². The van der Waals surface area contributed by atoms with Crippen LogP contribution in [0.25, 0.3) is 22.0 Å². The van der Waals surface area contributed by atoms with Crippen molar-refractivity contribution in [3.05, 3.63) is 36.9 Å². The normalized spacial score (nSPS) is 20.2. The average Bonchev–Trinajstić information content (AvgIpc) is 2.69. The van der Waals surface area contributed by atoms with E-state index in [1.165, 1.54) is 12.8 Å². The topological polar surface area (TPSA) is 102 Å². The second-order valence-electron chi connectivity index (χ2n) is 6.77. The van der Waals surface area contributed by atoms with E-state index >= 15 is 0 Å².